The molecular weight excluding hydrogens is 1270 g/mol. The highest BCUT2D eigenvalue weighted by atomic mass is 19.4. The predicted molar refractivity (Wildman–Crippen MR) is 360 cm³/mol. The number of rotatable bonds is 17. The lowest BCUT2D eigenvalue weighted by molar-refractivity contribution is -0.181. The second kappa shape index (κ2) is 30.6. The largest absolute Gasteiger partial charge is 0.460 e. The molecule has 3 aromatic carbocycles. The number of nitrogen functional groups attached to an aromatic ring is 1. The summed E-state index contributed by atoms with van der Waals surface area (Å²) in [4.78, 5) is 87.0. The van der Waals surface area contributed by atoms with Crippen LogP contribution in [0.4, 0.5) is 53.9 Å². The molecule has 3 N–H and O–H groups in total. The number of anilines is 4. The Morgan fingerprint density at radius 3 is 1.52 bits per heavy atom. The lowest BCUT2D eigenvalue weighted by atomic mass is 9.86. The molecule has 0 spiro atoms. The summed E-state index contributed by atoms with van der Waals surface area (Å²) in [6, 6.07) is 27.2. The molecule has 4 aliphatic heterocycles. The number of carbonyl (C=O) groups is 5. The van der Waals surface area contributed by atoms with E-state index in [2.05, 4.69) is 20.3 Å². The van der Waals surface area contributed by atoms with Crippen LogP contribution in [-0.4, -0.2) is 126 Å². The Balaban J connectivity index is 0.000000217. The van der Waals surface area contributed by atoms with Gasteiger partial charge in [0.05, 0.1) is 73.5 Å². The van der Waals surface area contributed by atoms with E-state index in [0.717, 1.165) is 46.1 Å². The molecule has 0 unspecified atom stereocenters. The van der Waals surface area contributed by atoms with Crippen LogP contribution in [0.5, 0.6) is 0 Å². The van der Waals surface area contributed by atoms with Gasteiger partial charge < -0.3 is 39.2 Å². The van der Waals surface area contributed by atoms with Crippen molar-refractivity contribution in [2.24, 2.45) is 23.7 Å². The number of pyridine rings is 4. The molecule has 18 nitrogen and oxygen atoms in total. The van der Waals surface area contributed by atoms with Crippen LogP contribution in [0.3, 0.4) is 0 Å². The van der Waals surface area contributed by atoms with E-state index in [1.807, 2.05) is 78.9 Å². The summed E-state index contributed by atoms with van der Waals surface area (Å²) in [6.07, 6.45) is 0.523. The highest BCUT2D eigenvalue weighted by Crippen LogP contribution is 2.42. The SMILES string of the molecule is CC(C)(C)OC(=O)C[C@H]1C[C@@H](C(F)(F)F)CN(c2ccncc2CC(=O)c2nc3cc(C4=CCOCC4)ccc3cc2N)C1.CC(C)(C)OC(=O)C[C@H]1C[C@@H](C(F)(F)F)CN(c2ccncc2CC(=O)c2nc3cc(C4=CCOCC4)ccc3cc2NC(=O)OCc2ccccc2)C1. The number of halogens is 6. The fourth-order valence-electron chi connectivity index (χ4n) is 12.8. The van der Waals surface area contributed by atoms with E-state index >= 15 is 0 Å². The minimum Gasteiger partial charge on any atom is -0.460 e. The van der Waals surface area contributed by atoms with Gasteiger partial charge in [-0.1, -0.05) is 66.7 Å². The molecule has 1 amide bonds. The predicted octanol–water partition coefficient (Wildman–Crippen LogP) is 14.5. The Hall–Kier alpha value is -9.29. The monoisotopic (exact) mass is 1350 g/mol. The van der Waals surface area contributed by atoms with Crippen molar-refractivity contribution < 1.29 is 74.0 Å². The van der Waals surface area contributed by atoms with Crippen molar-refractivity contribution in [3.63, 3.8) is 0 Å². The molecule has 2 saturated heterocycles. The third kappa shape index (κ3) is 19.3. The summed E-state index contributed by atoms with van der Waals surface area (Å²) in [6.45, 7) is 12.3. The Kier molecular flexibility index (Phi) is 22.3. The third-order valence-corrected chi connectivity index (χ3v) is 17.2. The third-order valence-electron chi connectivity index (χ3n) is 17.2. The van der Waals surface area contributed by atoms with Gasteiger partial charge >= 0.3 is 30.4 Å². The topological polar surface area (TPSA) is 228 Å². The van der Waals surface area contributed by atoms with Crippen molar-refractivity contribution in [1.82, 2.24) is 19.9 Å². The standard InChI is InChI=1S/C41H43F3N4O6.C33H37F3N4O4/c1-40(2,3)54-37(50)18-27-17-32(41(42,43)44)24-48(23-27)35-11-14-45-22-31(35)21-36(49)38-34(47-39(51)53-25-26-7-5-4-6-8-26)20-30-10-9-29(19-33(30)46-38)28-12-15-52-16-13-28;1-32(2,3)44-30(42)13-20-12-25(33(34,35)36)19-40(18-20)28-6-9-38-17-24(28)16-29(41)31-26(37)14-23-5-4-22(15-27(23)39-31)21-7-10-43-11-8-21/h4-12,14,19-20,22,27,32H,13,15-18,21,23-25H2,1-3H3,(H,47,51);4-7,9,14-15,17,20,25H,8,10-13,16,18-19,37H2,1-3H3/t27-,32-;20-,25-/m11/s1. The van der Waals surface area contributed by atoms with E-state index in [9.17, 15) is 50.3 Å². The number of ketones is 2. The van der Waals surface area contributed by atoms with Crippen molar-refractivity contribution in [2.45, 2.75) is 123 Å². The summed E-state index contributed by atoms with van der Waals surface area (Å²) in [7, 11) is 0. The number of fused-ring (bicyclic) bond motifs is 2. The van der Waals surface area contributed by atoms with Crippen molar-refractivity contribution in [1.29, 1.82) is 0 Å². The number of hydrogen-bond donors (Lipinski definition) is 2. The average molecular weight is 1360 g/mol. The molecule has 0 bridgehead atoms. The number of alkyl halides is 6. The lowest BCUT2D eigenvalue weighted by Crippen LogP contribution is -2.47. The summed E-state index contributed by atoms with van der Waals surface area (Å²) in [5.74, 6) is -6.53. The molecule has 4 aliphatic rings. The number of nitrogens with two attached hydrogens (primary N) is 1. The molecule has 11 rings (SSSR count). The van der Waals surface area contributed by atoms with Gasteiger partial charge in [-0.25, -0.2) is 14.8 Å². The Labute approximate surface area is 564 Å². The van der Waals surface area contributed by atoms with Crippen LogP contribution in [-0.2, 0) is 52.7 Å². The van der Waals surface area contributed by atoms with Gasteiger partial charge in [0.25, 0.3) is 0 Å². The zero-order valence-corrected chi connectivity index (χ0v) is 55.6. The van der Waals surface area contributed by atoms with Crippen molar-refractivity contribution in [3.8, 4) is 0 Å². The van der Waals surface area contributed by atoms with Crippen LogP contribution in [0.15, 0.2) is 128 Å². The Morgan fingerprint density at radius 1 is 0.592 bits per heavy atom. The maximum atomic E-state index is 14.3. The summed E-state index contributed by atoms with van der Waals surface area (Å²) in [5, 5.41) is 4.15. The number of ether oxygens (including phenoxy) is 5. The fraction of sp³-hybridized carbons (Fsp3) is 0.419. The highest BCUT2D eigenvalue weighted by Gasteiger charge is 2.47. The molecule has 2 fully saturated rings. The zero-order valence-electron chi connectivity index (χ0n) is 55.6. The molecule has 98 heavy (non-hydrogen) atoms. The van der Waals surface area contributed by atoms with Crippen LogP contribution in [0.2, 0.25) is 0 Å². The first kappa shape index (κ1) is 71.5. The lowest BCUT2D eigenvalue weighted by Gasteiger charge is -2.40. The molecule has 0 saturated carbocycles. The van der Waals surface area contributed by atoms with E-state index in [1.165, 1.54) is 24.8 Å². The number of aromatic nitrogens is 4. The molecule has 8 heterocycles. The van der Waals surface area contributed by atoms with Gasteiger partial charge in [-0.3, -0.25) is 34.5 Å². The van der Waals surface area contributed by atoms with Crippen molar-refractivity contribution in [3.05, 3.63) is 167 Å². The maximum Gasteiger partial charge on any atom is 0.412 e. The molecule has 4 atom stereocenters. The van der Waals surface area contributed by atoms with E-state index in [4.69, 9.17) is 34.4 Å². The van der Waals surface area contributed by atoms with Gasteiger partial charge in [0.2, 0.25) is 0 Å². The number of nitrogens with one attached hydrogen (secondary N) is 1. The Bertz CT molecular complexity index is 4130. The number of esters is 2. The van der Waals surface area contributed by atoms with Crippen LogP contribution < -0.4 is 20.9 Å². The van der Waals surface area contributed by atoms with Gasteiger partial charge in [0, 0.05) is 97.1 Å². The zero-order chi connectivity index (χ0) is 70.1. The first-order chi connectivity index (χ1) is 46.5. The first-order valence-electron chi connectivity index (χ1n) is 32.6. The molecule has 0 aliphatic carbocycles. The summed E-state index contributed by atoms with van der Waals surface area (Å²) in [5.41, 5.74) is 12.9. The molecule has 518 valence electrons. The van der Waals surface area contributed by atoms with Crippen molar-refractivity contribution in [2.75, 3.05) is 73.5 Å². The van der Waals surface area contributed by atoms with Crippen LogP contribution in [0.1, 0.15) is 129 Å². The number of benzene rings is 3. The first-order valence-corrected chi connectivity index (χ1v) is 32.6. The maximum absolute atomic E-state index is 14.3. The number of piperidine rings is 2. The van der Waals surface area contributed by atoms with E-state index < -0.39 is 71.0 Å². The molecule has 7 aromatic rings. The molecule has 4 aromatic heterocycles. The van der Waals surface area contributed by atoms with Gasteiger partial charge in [-0.05, 0) is 143 Å². The van der Waals surface area contributed by atoms with Crippen molar-refractivity contribution >= 4 is 85.3 Å². The number of nitrogens with zero attached hydrogens (tertiary/aromatic N) is 6. The Morgan fingerprint density at radius 2 is 1.06 bits per heavy atom. The van der Waals surface area contributed by atoms with E-state index in [-0.39, 0.29) is 99.9 Å². The van der Waals surface area contributed by atoms with Crippen LogP contribution in [0.25, 0.3) is 33.0 Å². The van der Waals surface area contributed by atoms with Gasteiger partial charge in [0.15, 0.2) is 11.6 Å². The van der Waals surface area contributed by atoms with Crippen LogP contribution in [0, 0.1) is 23.7 Å². The number of Topliss-reactive ketones (excluding diaryl/α,β-unsaturated/α-hetero) is 2. The minimum atomic E-state index is -4.50. The van der Waals surface area contributed by atoms with E-state index in [0.29, 0.717) is 65.3 Å². The fourth-order valence-corrected chi connectivity index (χ4v) is 12.8. The molecule has 24 heteroatoms. The average Bonchev–Trinajstić information content (AvgIpc) is 1.03. The smallest absolute Gasteiger partial charge is 0.412 e. The second-order valence-electron chi connectivity index (χ2n) is 27.2. The number of amides is 1. The van der Waals surface area contributed by atoms with E-state index in [1.54, 1.807) is 75.6 Å². The summed E-state index contributed by atoms with van der Waals surface area (Å²) < 4.78 is 112. The quantitative estimate of drug-likeness (QED) is 0.0374. The highest BCUT2D eigenvalue weighted by molar-refractivity contribution is 6.07. The van der Waals surface area contributed by atoms with Gasteiger partial charge in [0.1, 0.15) is 29.2 Å². The van der Waals surface area contributed by atoms with Gasteiger partial charge in [-0.15, -0.1) is 0 Å². The van der Waals surface area contributed by atoms with Gasteiger partial charge in [-0.2, -0.15) is 26.3 Å². The number of hydrogen-bond acceptors (Lipinski definition) is 17. The minimum absolute atomic E-state index is 0.00185. The number of carbonyl (C=O) groups excluding carboxylic acids is 5. The second-order valence-corrected chi connectivity index (χ2v) is 27.2. The molecular formula is C74H80F6N8O10. The molecule has 0 radical (unpaired) electrons. The van der Waals surface area contributed by atoms with Crippen LogP contribution >= 0.6 is 0 Å². The summed E-state index contributed by atoms with van der Waals surface area (Å²) >= 11 is 0. The normalized spacial score (nSPS) is 18.6.